The van der Waals surface area contributed by atoms with Gasteiger partial charge in [0.2, 0.25) is 15.8 Å². The second-order valence-electron chi connectivity index (χ2n) is 7.35. The zero-order valence-electron chi connectivity index (χ0n) is 17.2. The average molecular weight is 491 g/mol. The van der Waals surface area contributed by atoms with E-state index in [0.717, 1.165) is 0 Å². The fourth-order valence-corrected chi connectivity index (χ4v) is 4.06. The first-order chi connectivity index (χ1) is 15.3. The summed E-state index contributed by atoms with van der Waals surface area (Å²) >= 11 is 0. The van der Waals surface area contributed by atoms with Crippen LogP contribution in [0.1, 0.15) is 36.2 Å². The van der Waals surface area contributed by atoms with Gasteiger partial charge < -0.3 is 10.3 Å². The summed E-state index contributed by atoms with van der Waals surface area (Å²) in [5.74, 6) is -5.15. The van der Waals surface area contributed by atoms with E-state index in [1.807, 2.05) is 0 Å². The number of H-pyrrole nitrogens is 1. The fourth-order valence-electron chi connectivity index (χ4n) is 2.97. The molecule has 3 aromatic rings. The molecule has 8 nitrogen and oxygen atoms in total. The van der Waals surface area contributed by atoms with Gasteiger partial charge in [0.1, 0.15) is 23.6 Å². The Balaban J connectivity index is 2.02. The predicted molar refractivity (Wildman–Crippen MR) is 111 cm³/mol. The Hall–Kier alpha value is -3.29. The Kier molecular flexibility index (Phi) is 6.58. The number of benzene rings is 1. The van der Waals surface area contributed by atoms with Gasteiger partial charge in [-0.3, -0.25) is 9.52 Å². The lowest BCUT2D eigenvalue weighted by Gasteiger charge is -2.13. The van der Waals surface area contributed by atoms with Crippen molar-refractivity contribution in [2.75, 3.05) is 15.8 Å². The molecular weight excluding hydrogens is 473 g/mol. The number of alkyl halides is 3. The topological polar surface area (TPSA) is 117 Å². The van der Waals surface area contributed by atoms with Crippen LogP contribution in [0.15, 0.2) is 24.7 Å². The molecule has 0 aliphatic carbocycles. The summed E-state index contributed by atoms with van der Waals surface area (Å²) in [4.78, 5) is 23.8. The summed E-state index contributed by atoms with van der Waals surface area (Å²) in [6.45, 7) is 3.60. The highest BCUT2D eigenvalue weighted by atomic mass is 32.2. The van der Waals surface area contributed by atoms with Gasteiger partial charge in [0.05, 0.1) is 34.4 Å². The first-order valence-corrected chi connectivity index (χ1v) is 11.1. The zero-order valence-corrected chi connectivity index (χ0v) is 18.0. The molecule has 1 aromatic carbocycles. The smallest absolute Gasteiger partial charge is 0.367 e. The maximum Gasteiger partial charge on any atom is 0.390 e. The molecule has 178 valence electrons. The average Bonchev–Trinajstić information content (AvgIpc) is 3.13. The number of fused-ring (bicyclic) bond motifs is 1. The van der Waals surface area contributed by atoms with Crippen molar-refractivity contribution in [2.45, 2.75) is 32.5 Å². The fraction of sp³-hybridized carbons (Fsp3) is 0.316. The van der Waals surface area contributed by atoms with E-state index in [4.69, 9.17) is 0 Å². The van der Waals surface area contributed by atoms with Crippen LogP contribution in [0.5, 0.6) is 0 Å². The van der Waals surface area contributed by atoms with Crippen molar-refractivity contribution in [3.05, 3.63) is 47.4 Å². The third-order valence-corrected chi connectivity index (χ3v) is 5.65. The van der Waals surface area contributed by atoms with E-state index in [-0.39, 0.29) is 28.5 Å². The molecule has 2 aromatic heterocycles. The Morgan fingerprint density at radius 2 is 1.88 bits per heavy atom. The monoisotopic (exact) mass is 491 g/mol. The number of nitrogens with zero attached hydrogens (tertiary/aromatic N) is 2. The van der Waals surface area contributed by atoms with E-state index in [0.29, 0.717) is 12.1 Å². The van der Waals surface area contributed by atoms with Crippen LogP contribution in [-0.2, 0) is 10.0 Å². The number of aromatic nitrogens is 3. The molecule has 0 radical (unpaired) electrons. The number of carbonyl (C=O) groups is 1. The van der Waals surface area contributed by atoms with Crippen molar-refractivity contribution in [2.24, 2.45) is 0 Å². The third kappa shape index (κ3) is 5.56. The van der Waals surface area contributed by atoms with Gasteiger partial charge >= 0.3 is 6.18 Å². The number of aromatic amines is 1. The summed E-state index contributed by atoms with van der Waals surface area (Å²) in [7, 11) is -4.63. The molecule has 0 bridgehead atoms. The maximum atomic E-state index is 15.0. The van der Waals surface area contributed by atoms with Gasteiger partial charge in [-0.1, -0.05) is 0 Å². The molecule has 0 unspecified atom stereocenters. The standard InChI is InChI=1S/C19H18F5N5O3S/c1-9(2)28-18-13-10(7-25-17(13)26-8-27-18)16(30)14-11(20)3-4-12(15(14)21)29-33(31,32)6-5-19(22,23)24/h3-4,7-9,29H,5-6H2,1-2H3,(H2,25,26,27,28). The first-order valence-electron chi connectivity index (χ1n) is 9.47. The van der Waals surface area contributed by atoms with Crippen LogP contribution in [-0.4, -0.2) is 47.1 Å². The summed E-state index contributed by atoms with van der Waals surface area (Å²) < 4.78 is 92.0. The van der Waals surface area contributed by atoms with Crippen LogP contribution in [0.2, 0.25) is 0 Å². The largest absolute Gasteiger partial charge is 0.390 e. The molecule has 33 heavy (non-hydrogen) atoms. The highest BCUT2D eigenvalue weighted by Crippen LogP contribution is 2.30. The van der Waals surface area contributed by atoms with Crippen molar-refractivity contribution in [1.29, 1.82) is 0 Å². The van der Waals surface area contributed by atoms with E-state index in [9.17, 15) is 30.8 Å². The lowest BCUT2D eigenvalue weighted by atomic mass is 10.0. The normalized spacial score (nSPS) is 12.4. The zero-order chi connectivity index (χ0) is 24.6. The molecular formula is C19H18F5N5O3S. The Morgan fingerprint density at radius 3 is 2.52 bits per heavy atom. The number of nitrogens with one attached hydrogen (secondary N) is 3. The van der Waals surface area contributed by atoms with E-state index in [2.05, 4.69) is 20.3 Å². The van der Waals surface area contributed by atoms with Gasteiger partial charge in [-0.05, 0) is 26.0 Å². The minimum Gasteiger partial charge on any atom is -0.367 e. The minimum absolute atomic E-state index is 0.108. The van der Waals surface area contributed by atoms with Gasteiger partial charge in [-0.15, -0.1) is 0 Å². The summed E-state index contributed by atoms with van der Waals surface area (Å²) in [5.41, 5.74) is -1.94. The Bertz CT molecular complexity index is 1310. The van der Waals surface area contributed by atoms with Gasteiger partial charge in [0.25, 0.3) is 0 Å². The van der Waals surface area contributed by atoms with Crippen molar-refractivity contribution < 1.29 is 35.2 Å². The number of hydrogen-bond acceptors (Lipinski definition) is 6. The quantitative estimate of drug-likeness (QED) is 0.324. The van der Waals surface area contributed by atoms with Crippen LogP contribution in [0.3, 0.4) is 0 Å². The number of ketones is 1. The van der Waals surface area contributed by atoms with Gasteiger partial charge in [0.15, 0.2) is 5.82 Å². The molecule has 3 N–H and O–H groups in total. The van der Waals surface area contributed by atoms with Crippen LogP contribution >= 0.6 is 0 Å². The van der Waals surface area contributed by atoms with Gasteiger partial charge in [0, 0.05) is 12.2 Å². The highest BCUT2D eigenvalue weighted by Gasteiger charge is 2.31. The predicted octanol–water partition coefficient (Wildman–Crippen LogP) is 3.98. The van der Waals surface area contributed by atoms with E-state index < -0.39 is 57.0 Å². The van der Waals surface area contributed by atoms with Crippen LogP contribution in [0.25, 0.3) is 11.0 Å². The van der Waals surface area contributed by atoms with E-state index >= 15 is 4.39 Å². The first kappa shape index (κ1) is 24.4. The summed E-state index contributed by atoms with van der Waals surface area (Å²) in [6.07, 6.45) is -4.03. The van der Waals surface area contributed by atoms with Gasteiger partial charge in [-0.25, -0.2) is 27.2 Å². The number of rotatable bonds is 8. The lowest BCUT2D eigenvalue weighted by Crippen LogP contribution is -2.23. The Morgan fingerprint density at radius 1 is 1.18 bits per heavy atom. The molecule has 3 rings (SSSR count). The number of sulfonamides is 1. The number of halogens is 5. The van der Waals surface area contributed by atoms with Crippen LogP contribution < -0.4 is 10.0 Å². The second kappa shape index (κ2) is 8.92. The molecule has 2 heterocycles. The summed E-state index contributed by atoms with van der Waals surface area (Å²) in [5, 5.41) is 3.14. The van der Waals surface area contributed by atoms with Crippen molar-refractivity contribution in [3.63, 3.8) is 0 Å². The van der Waals surface area contributed by atoms with E-state index in [1.54, 1.807) is 18.6 Å². The maximum absolute atomic E-state index is 15.0. The molecule has 0 spiro atoms. The molecule has 14 heteroatoms. The van der Waals surface area contributed by atoms with E-state index in [1.165, 1.54) is 12.5 Å². The molecule has 0 amide bonds. The lowest BCUT2D eigenvalue weighted by molar-refractivity contribution is -0.129. The SMILES string of the molecule is CC(C)Nc1ncnc2[nH]cc(C(=O)c3c(F)ccc(NS(=O)(=O)CCC(F)(F)F)c3F)c12. The third-order valence-electron chi connectivity index (χ3n) is 4.38. The molecule has 0 aliphatic rings. The highest BCUT2D eigenvalue weighted by molar-refractivity contribution is 7.92. The molecule has 0 fully saturated rings. The number of hydrogen-bond donors (Lipinski definition) is 3. The van der Waals surface area contributed by atoms with Crippen molar-refractivity contribution in [3.8, 4) is 0 Å². The summed E-state index contributed by atoms with van der Waals surface area (Å²) in [6, 6.07) is 1.21. The van der Waals surface area contributed by atoms with Crippen molar-refractivity contribution >= 4 is 38.3 Å². The Labute approximate surface area is 184 Å². The molecule has 0 atom stereocenters. The second-order valence-corrected chi connectivity index (χ2v) is 9.19. The van der Waals surface area contributed by atoms with Crippen molar-refractivity contribution in [1.82, 2.24) is 15.0 Å². The molecule has 0 saturated heterocycles. The number of anilines is 2. The number of carbonyl (C=O) groups excluding carboxylic acids is 1. The molecule has 0 saturated carbocycles. The minimum atomic E-state index is -4.75. The van der Waals surface area contributed by atoms with Gasteiger partial charge in [-0.2, -0.15) is 13.2 Å². The van der Waals surface area contributed by atoms with Crippen LogP contribution in [0.4, 0.5) is 33.5 Å². The molecule has 0 aliphatic heterocycles. The van der Waals surface area contributed by atoms with Crippen LogP contribution in [0, 0.1) is 11.6 Å².